The second-order valence-corrected chi connectivity index (χ2v) is 6.18. The van der Waals surface area contributed by atoms with Crippen LogP contribution < -0.4 is 4.90 Å². The molecule has 0 radical (unpaired) electrons. The van der Waals surface area contributed by atoms with Crippen molar-refractivity contribution in [1.29, 1.82) is 0 Å². The smallest absolute Gasteiger partial charge is 0.354 e. The number of halogens is 3. The van der Waals surface area contributed by atoms with Crippen LogP contribution in [0.4, 0.5) is 19.0 Å². The maximum absolute atomic E-state index is 12.8. The molecule has 0 N–H and O–H groups in total. The van der Waals surface area contributed by atoms with E-state index in [0.717, 1.165) is 15.2 Å². The predicted octanol–water partition coefficient (Wildman–Crippen LogP) is 2.85. The maximum Gasteiger partial charge on any atom is 0.453 e. The average molecular weight is 342 g/mol. The van der Waals surface area contributed by atoms with Gasteiger partial charge in [-0.2, -0.15) is 22.7 Å². The SMILES string of the molecule is Cc1cc(N(C)Cc2csc(C)n2)n2nc(C(F)(F)F)nc2n1. The summed E-state index contributed by atoms with van der Waals surface area (Å²) >= 11 is 1.52. The van der Waals surface area contributed by atoms with Crippen molar-refractivity contribution >= 4 is 22.9 Å². The van der Waals surface area contributed by atoms with Crippen molar-refractivity contribution in [3.8, 4) is 0 Å². The van der Waals surface area contributed by atoms with E-state index in [9.17, 15) is 13.2 Å². The summed E-state index contributed by atoms with van der Waals surface area (Å²) in [6.07, 6.45) is -4.61. The molecule has 3 aromatic rings. The molecule has 0 spiro atoms. The van der Waals surface area contributed by atoms with Crippen molar-refractivity contribution in [3.05, 3.63) is 33.7 Å². The van der Waals surface area contributed by atoms with E-state index in [0.29, 0.717) is 18.1 Å². The van der Waals surface area contributed by atoms with Gasteiger partial charge in [0, 0.05) is 24.2 Å². The third-order valence-electron chi connectivity index (χ3n) is 3.13. The fourth-order valence-corrected chi connectivity index (χ4v) is 2.77. The normalized spacial score (nSPS) is 12.1. The van der Waals surface area contributed by atoms with Crippen LogP contribution in [-0.2, 0) is 12.7 Å². The van der Waals surface area contributed by atoms with Gasteiger partial charge in [-0.3, -0.25) is 0 Å². The van der Waals surface area contributed by atoms with Crippen LogP contribution in [0.15, 0.2) is 11.4 Å². The fraction of sp³-hybridized carbons (Fsp3) is 0.385. The van der Waals surface area contributed by atoms with E-state index in [1.54, 1.807) is 24.9 Å². The number of alkyl halides is 3. The highest BCUT2D eigenvalue weighted by atomic mass is 32.1. The Labute approximate surface area is 133 Å². The Kier molecular flexibility index (Phi) is 3.71. The Morgan fingerprint density at radius 3 is 2.57 bits per heavy atom. The summed E-state index contributed by atoms with van der Waals surface area (Å²) in [4.78, 5) is 13.6. The van der Waals surface area contributed by atoms with Gasteiger partial charge in [0.25, 0.3) is 11.6 Å². The quantitative estimate of drug-likeness (QED) is 0.732. The topological polar surface area (TPSA) is 59.2 Å². The zero-order chi connectivity index (χ0) is 16.8. The molecule has 0 atom stereocenters. The molecule has 0 aliphatic heterocycles. The standard InChI is InChI=1S/C13H13F3N6S/c1-7-4-10(21(3)5-9-6-23-8(2)18-9)22-12(17-7)19-11(20-22)13(14,15)16/h4,6H,5H2,1-3H3. The van der Waals surface area contributed by atoms with Gasteiger partial charge in [0.05, 0.1) is 17.2 Å². The molecule has 0 amide bonds. The molecule has 0 bridgehead atoms. The Bertz CT molecular complexity index is 853. The van der Waals surface area contributed by atoms with Crippen LogP contribution in [-0.4, -0.2) is 31.6 Å². The van der Waals surface area contributed by atoms with E-state index in [2.05, 4.69) is 20.1 Å². The van der Waals surface area contributed by atoms with Gasteiger partial charge in [-0.05, 0) is 13.8 Å². The number of fused-ring (bicyclic) bond motifs is 1. The van der Waals surface area contributed by atoms with Gasteiger partial charge in [0.15, 0.2) is 0 Å². The van der Waals surface area contributed by atoms with Gasteiger partial charge in [0.1, 0.15) is 5.82 Å². The lowest BCUT2D eigenvalue weighted by molar-refractivity contribution is -0.144. The minimum absolute atomic E-state index is 0.0753. The Morgan fingerprint density at radius 1 is 1.22 bits per heavy atom. The Hall–Kier alpha value is -2.23. The first kappa shape index (κ1) is 15.7. The molecule has 122 valence electrons. The molecule has 6 nitrogen and oxygen atoms in total. The van der Waals surface area contributed by atoms with E-state index in [-0.39, 0.29) is 5.78 Å². The molecule has 23 heavy (non-hydrogen) atoms. The van der Waals surface area contributed by atoms with Crippen molar-refractivity contribution in [2.75, 3.05) is 11.9 Å². The second kappa shape index (κ2) is 5.44. The van der Waals surface area contributed by atoms with E-state index in [1.807, 2.05) is 12.3 Å². The Balaban J connectivity index is 2.03. The summed E-state index contributed by atoms with van der Waals surface area (Å²) in [5.74, 6) is -0.801. The molecule has 0 aliphatic rings. The summed E-state index contributed by atoms with van der Waals surface area (Å²) in [5.41, 5.74) is 1.41. The number of hydrogen-bond acceptors (Lipinski definition) is 6. The van der Waals surface area contributed by atoms with Crippen LogP contribution >= 0.6 is 11.3 Å². The number of nitrogens with zero attached hydrogens (tertiary/aromatic N) is 6. The van der Waals surface area contributed by atoms with Crippen LogP contribution in [0.5, 0.6) is 0 Å². The largest absolute Gasteiger partial charge is 0.453 e. The highest BCUT2D eigenvalue weighted by Crippen LogP contribution is 2.27. The minimum Gasteiger partial charge on any atom is -0.354 e. The fourth-order valence-electron chi connectivity index (χ4n) is 2.16. The first-order valence-electron chi connectivity index (χ1n) is 6.68. The van der Waals surface area contributed by atoms with E-state index >= 15 is 0 Å². The molecule has 10 heteroatoms. The summed E-state index contributed by atoms with van der Waals surface area (Å²) in [5, 5.41) is 6.40. The van der Waals surface area contributed by atoms with Crippen LogP contribution in [0.25, 0.3) is 5.78 Å². The van der Waals surface area contributed by atoms with Gasteiger partial charge in [0.2, 0.25) is 0 Å². The molecule has 0 saturated carbocycles. The van der Waals surface area contributed by atoms with Crippen LogP contribution in [0.2, 0.25) is 0 Å². The maximum atomic E-state index is 12.8. The minimum atomic E-state index is -4.61. The van der Waals surface area contributed by atoms with Gasteiger partial charge < -0.3 is 4.90 Å². The third-order valence-corrected chi connectivity index (χ3v) is 3.95. The van der Waals surface area contributed by atoms with Gasteiger partial charge in [-0.25, -0.2) is 9.97 Å². The number of aryl methyl sites for hydroxylation is 2. The van der Waals surface area contributed by atoms with Crippen LogP contribution in [0.3, 0.4) is 0 Å². The molecule has 0 saturated heterocycles. The molecule has 3 aromatic heterocycles. The first-order chi connectivity index (χ1) is 10.7. The van der Waals surface area contributed by atoms with Crippen LogP contribution in [0, 0.1) is 13.8 Å². The summed E-state index contributed by atoms with van der Waals surface area (Å²) in [6, 6.07) is 1.67. The molecule has 0 aromatic carbocycles. The van der Waals surface area contributed by atoms with Crippen molar-refractivity contribution in [2.45, 2.75) is 26.6 Å². The summed E-state index contributed by atoms with van der Waals surface area (Å²) in [6.45, 7) is 4.05. The lowest BCUT2D eigenvalue weighted by Crippen LogP contribution is -2.20. The first-order valence-corrected chi connectivity index (χ1v) is 7.56. The number of rotatable bonds is 3. The van der Waals surface area contributed by atoms with Crippen LogP contribution in [0.1, 0.15) is 22.2 Å². The third kappa shape index (κ3) is 3.11. The molecule has 0 aliphatic carbocycles. The highest BCUT2D eigenvalue weighted by molar-refractivity contribution is 7.09. The molecular formula is C13H13F3N6S. The zero-order valence-electron chi connectivity index (χ0n) is 12.6. The lowest BCUT2D eigenvalue weighted by atomic mass is 10.4. The van der Waals surface area contributed by atoms with Gasteiger partial charge in [-0.15, -0.1) is 16.4 Å². The monoisotopic (exact) mass is 342 g/mol. The van der Waals surface area contributed by atoms with E-state index < -0.39 is 12.0 Å². The highest BCUT2D eigenvalue weighted by Gasteiger charge is 2.37. The predicted molar refractivity (Wildman–Crippen MR) is 79.5 cm³/mol. The zero-order valence-corrected chi connectivity index (χ0v) is 13.4. The van der Waals surface area contributed by atoms with Gasteiger partial charge >= 0.3 is 6.18 Å². The molecule has 0 unspecified atom stereocenters. The van der Waals surface area contributed by atoms with Crippen molar-refractivity contribution in [1.82, 2.24) is 24.6 Å². The van der Waals surface area contributed by atoms with Crippen molar-refractivity contribution in [3.63, 3.8) is 0 Å². The molecule has 0 fully saturated rings. The van der Waals surface area contributed by atoms with Gasteiger partial charge in [-0.1, -0.05) is 0 Å². The molecular weight excluding hydrogens is 329 g/mol. The van der Waals surface area contributed by atoms with E-state index in [1.165, 1.54) is 11.3 Å². The van der Waals surface area contributed by atoms with E-state index in [4.69, 9.17) is 0 Å². The Morgan fingerprint density at radius 2 is 1.96 bits per heavy atom. The van der Waals surface area contributed by atoms with Crippen molar-refractivity contribution in [2.24, 2.45) is 0 Å². The molecule has 3 heterocycles. The summed E-state index contributed by atoms with van der Waals surface area (Å²) < 4.78 is 39.6. The lowest BCUT2D eigenvalue weighted by Gasteiger charge is -2.18. The number of hydrogen-bond donors (Lipinski definition) is 0. The second-order valence-electron chi connectivity index (χ2n) is 5.11. The number of anilines is 1. The number of aromatic nitrogens is 5. The average Bonchev–Trinajstić information content (AvgIpc) is 3.03. The summed E-state index contributed by atoms with van der Waals surface area (Å²) in [7, 11) is 1.76. The van der Waals surface area contributed by atoms with Crippen molar-refractivity contribution < 1.29 is 13.2 Å². The molecule has 3 rings (SSSR count). The number of thiazole rings is 1.